The first kappa shape index (κ1) is 11.5. The lowest BCUT2D eigenvalue weighted by Crippen LogP contribution is -2.06. The van der Waals surface area contributed by atoms with Crippen molar-refractivity contribution in [3.8, 4) is 0 Å². The van der Waals surface area contributed by atoms with E-state index in [1.165, 1.54) is 12.8 Å². The molecule has 0 bridgehead atoms. The van der Waals surface area contributed by atoms with Crippen LogP contribution in [0.15, 0.2) is 0 Å². The van der Waals surface area contributed by atoms with Crippen LogP contribution < -0.4 is 0 Å². The van der Waals surface area contributed by atoms with Crippen molar-refractivity contribution in [2.75, 3.05) is 0 Å². The van der Waals surface area contributed by atoms with Crippen LogP contribution in [0.4, 0.5) is 0 Å². The summed E-state index contributed by atoms with van der Waals surface area (Å²) in [7, 11) is 0. The highest BCUT2D eigenvalue weighted by atomic mass is 35.5. The summed E-state index contributed by atoms with van der Waals surface area (Å²) < 4.78 is 2.31. The zero-order valence-corrected chi connectivity index (χ0v) is 11.8. The van der Waals surface area contributed by atoms with Gasteiger partial charge in [-0.1, -0.05) is 27.7 Å². The maximum atomic E-state index is 5.96. The van der Waals surface area contributed by atoms with Gasteiger partial charge in [-0.25, -0.2) is 0 Å². The molecule has 3 nitrogen and oxygen atoms in total. The molecule has 2 aliphatic carbocycles. The molecule has 4 heteroatoms. The Balaban J connectivity index is 2.02. The van der Waals surface area contributed by atoms with Crippen LogP contribution in [-0.2, 0) is 5.88 Å². The molecule has 1 aromatic rings. The molecule has 1 aromatic heterocycles. The van der Waals surface area contributed by atoms with Crippen molar-refractivity contribution in [2.24, 2.45) is 10.8 Å². The Bertz CT molecular complexity index is 443. The van der Waals surface area contributed by atoms with Gasteiger partial charge in [0.1, 0.15) is 11.6 Å². The molecule has 2 aliphatic rings. The van der Waals surface area contributed by atoms with Crippen molar-refractivity contribution in [3.05, 3.63) is 11.6 Å². The van der Waals surface area contributed by atoms with E-state index in [0.29, 0.717) is 28.7 Å². The Morgan fingerprint density at radius 1 is 1.18 bits per heavy atom. The zero-order valence-electron chi connectivity index (χ0n) is 11.0. The van der Waals surface area contributed by atoms with E-state index >= 15 is 0 Å². The number of hydrogen-bond acceptors (Lipinski definition) is 2. The molecule has 2 fully saturated rings. The third kappa shape index (κ3) is 1.41. The molecule has 0 aliphatic heterocycles. The van der Waals surface area contributed by atoms with Gasteiger partial charge < -0.3 is 4.57 Å². The van der Waals surface area contributed by atoms with Gasteiger partial charge in [0.05, 0.1) is 5.88 Å². The summed E-state index contributed by atoms with van der Waals surface area (Å²) in [6.07, 6.45) is 2.50. The van der Waals surface area contributed by atoms with Gasteiger partial charge in [0, 0.05) is 12.0 Å². The summed E-state index contributed by atoms with van der Waals surface area (Å²) in [6, 6.07) is 0.612. The third-order valence-corrected chi connectivity index (χ3v) is 5.34. The van der Waals surface area contributed by atoms with Crippen molar-refractivity contribution in [1.29, 1.82) is 0 Å². The van der Waals surface area contributed by atoms with Crippen molar-refractivity contribution < 1.29 is 0 Å². The molecule has 0 aromatic carbocycles. The quantitative estimate of drug-likeness (QED) is 0.772. The smallest absolute Gasteiger partial charge is 0.148 e. The second-order valence-electron chi connectivity index (χ2n) is 6.59. The van der Waals surface area contributed by atoms with Crippen LogP contribution in [0.25, 0.3) is 0 Å². The first-order chi connectivity index (χ1) is 7.91. The van der Waals surface area contributed by atoms with E-state index in [2.05, 4.69) is 42.5 Å². The van der Waals surface area contributed by atoms with Crippen molar-refractivity contribution in [2.45, 2.75) is 58.4 Å². The van der Waals surface area contributed by atoms with Gasteiger partial charge in [-0.05, 0) is 23.7 Å². The second kappa shape index (κ2) is 3.25. The molecule has 1 heterocycles. The highest BCUT2D eigenvalue weighted by molar-refractivity contribution is 6.16. The number of alkyl halides is 1. The summed E-state index contributed by atoms with van der Waals surface area (Å²) >= 11 is 5.96. The van der Waals surface area contributed by atoms with E-state index in [1.54, 1.807) is 0 Å². The number of hydrogen-bond donors (Lipinski definition) is 0. The lowest BCUT2D eigenvalue weighted by atomic mass is 10.0. The topological polar surface area (TPSA) is 30.7 Å². The molecule has 0 radical (unpaired) electrons. The minimum Gasteiger partial charge on any atom is -0.311 e. The molecule has 0 saturated heterocycles. The first-order valence-corrected chi connectivity index (χ1v) is 6.94. The fourth-order valence-corrected chi connectivity index (χ4v) is 3.38. The fraction of sp³-hybridized carbons (Fsp3) is 0.846. The molecule has 2 saturated carbocycles. The number of aromatic nitrogens is 3. The Labute approximate surface area is 108 Å². The molecule has 0 unspecified atom stereocenters. The average Bonchev–Trinajstić information content (AvgIpc) is 3.08. The van der Waals surface area contributed by atoms with E-state index in [1.807, 2.05) is 0 Å². The van der Waals surface area contributed by atoms with Crippen LogP contribution in [0, 0.1) is 10.8 Å². The lowest BCUT2D eigenvalue weighted by Gasteiger charge is -2.08. The van der Waals surface area contributed by atoms with E-state index in [0.717, 1.165) is 11.6 Å². The van der Waals surface area contributed by atoms with Gasteiger partial charge >= 0.3 is 0 Å². The summed E-state index contributed by atoms with van der Waals surface area (Å²) in [5, 5.41) is 8.70. The van der Waals surface area contributed by atoms with Crippen LogP contribution in [0.5, 0.6) is 0 Å². The normalized spacial score (nSPS) is 26.2. The Morgan fingerprint density at radius 3 is 2.18 bits per heavy atom. The summed E-state index contributed by atoms with van der Waals surface area (Å²) in [5.74, 6) is 3.10. The maximum Gasteiger partial charge on any atom is 0.148 e. The Kier molecular flexibility index (Phi) is 2.20. The molecule has 0 atom stereocenters. The second-order valence-corrected chi connectivity index (χ2v) is 6.85. The summed E-state index contributed by atoms with van der Waals surface area (Å²) in [4.78, 5) is 0. The number of nitrogens with zero attached hydrogens (tertiary/aromatic N) is 3. The van der Waals surface area contributed by atoms with Crippen LogP contribution >= 0.6 is 11.6 Å². The van der Waals surface area contributed by atoms with Crippen molar-refractivity contribution in [3.63, 3.8) is 0 Å². The molecular weight excluding hydrogens is 234 g/mol. The highest BCUT2D eigenvalue weighted by Crippen LogP contribution is 2.73. The van der Waals surface area contributed by atoms with Crippen LogP contribution in [0.2, 0.25) is 0 Å². The predicted octanol–water partition coefficient (Wildman–Crippen LogP) is 3.50. The van der Waals surface area contributed by atoms with E-state index in [4.69, 9.17) is 11.6 Å². The van der Waals surface area contributed by atoms with Crippen molar-refractivity contribution >= 4 is 11.6 Å². The van der Waals surface area contributed by atoms with Gasteiger partial charge in [0.25, 0.3) is 0 Å². The van der Waals surface area contributed by atoms with Gasteiger partial charge in [0.2, 0.25) is 0 Å². The SMILES string of the molecule is CC1(C)C(c2nnc(CCl)n2C2CC2)C1(C)C. The number of halogens is 1. The third-order valence-electron chi connectivity index (χ3n) is 5.10. The first-order valence-electron chi connectivity index (χ1n) is 6.41. The van der Waals surface area contributed by atoms with Crippen LogP contribution in [0.3, 0.4) is 0 Å². The average molecular weight is 254 g/mol. The summed E-state index contributed by atoms with van der Waals surface area (Å²) in [5.41, 5.74) is 0.631. The van der Waals surface area contributed by atoms with Crippen molar-refractivity contribution in [1.82, 2.24) is 14.8 Å². The Hall–Kier alpha value is -0.570. The number of rotatable bonds is 3. The minimum atomic E-state index is 0.316. The molecule has 0 spiro atoms. The van der Waals surface area contributed by atoms with Gasteiger partial charge in [0.15, 0.2) is 0 Å². The summed E-state index contributed by atoms with van der Waals surface area (Å²) in [6.45, 7) is 9.29. The molecule has 3 rings (SSSR count). The van der Waals surface area contributed by atoms with Gasteiger partial charge in [-0.15, -0.1) is 21.8 Å². The fourth-order valence-electron chi connectivity index (χ4n) is 3.20. The van der Waals surface area contributed by atoms with E-state index in [-0.39, 0.29) is 0 Å². The highest BCUT2D eigenvalue weighted by Gasteiger charge is 2.67. The molecule has 0 amide bonds. The lowest BCUT2D eigenvalue weighted by molar-refractivity contribution is 0.457. The maximum absolute atomic E-state index is 5.96. The Morgan fingerprint density at radius 2 is 1.76 bits per heavy atom. The standard InChI is InChI=1S/C13H20ClN3/c1-12(2)10(13(12,3)4)11-16-15-9(7-14)17(11)8-5-6-8/h8,10H,5-7H2,1-4H3. The van der Waals surface area contributed by atoms with Crippen LogP contribution in [-0.4, -0.2) is 14.8 Å². The molecule has 17 heavy (non-hydrogen) atoms. The monoisotopic (exact) mass is 253 g/mol. The minimum absolute atomic E-state index is 0.316. The largest absolute Gasteiger partial charge is 0.311 e. The van der Waals surface area contributed by atoms with E-state index in [9.17, 15) is 0 Å². The predicted molar refractivity (Wildman–Crippen MR) is 68.2 cm³/mol. The van der Waals surface area contributed by atoms with Gasteiger partial charge in [-0.2, -0.15) is 0 Å². The van der Waals surface area contributed by atoms with E-state index < -0.39 is 0 Å². The molecule has 94 valence electrons. The zero-order chi connectivity index (χ0) is 12.4. The molecular formula is C13H20ClN3. The van der Waals surface area contributed by atoms with Gasteiger partial charge in [-0.3, -0.25) is 0 Å². The molecule has 0 N–H and O–H groups in total. The van der Waals surface area contributed by atoms with Crippen LogP contribution in [0.1, 0.15) is 64.1 Å².